The number of anilines is 1. The lowest BCUT2D eigenvalue weighted by Crippen LogP contribution is -2.32. The molecule has 1 aromatic carbocycles. The van der Waals surface area contributed by atoms with Crippen molar-refractivity contribution in [3.8, 4) is 5.75 Å². The van der Waals surface area contributed by atoms with Gasteiger partial charge in [-0.3, -0.25) is 19.7 Å². The third-order valence-electron chi connectivity index (χ3n) is 3.56. The maximum atomic E-state index is 12.2. The molecule has 0 aliphatic carbocycles. The van der Waals surface area contributed by atoms with Crippen LogP contribution in [0.1, 0.15) is 37.0 Å². The third-order valence-corrected chi connectivity index (χ3v) is 5.51. The fourth-order valence-electron chi connectivity index (χ4n) is 2.10. The Morgan fingerprint density at radius 3 is 2.60 bits per heavy atom. The smallest absolute Gasteiger partial charge is 0.316 e. The van der Waals surface area contributed by atoms with Gasteiger partial charge >= 0.3 is 5.97 Å². The zero-order chi connectivity index (χ0) is 21.8. The van der Waals surface area contributed by atoms with E-state index in [1.54, 1.807) is 31.2 Å². The van der Waals surface area contributed by atoms with Crippen molar-refractivity contribution in [1.29, 1.82) is 0 Å². The van der Waals surface area contributed by atoms with Gasteiger partial charge in [0.05, 0.1) is 25.5 Å². The van der Waals surface area contributed by atoms with Crippen molar-refractivity contribution < 1.29 is 23.9 Å². The Labute approximate surface area is 182 Å². The van der Waals surface area contributed by atoms with Gasteiger partial charge in [-0.1, -0.05) is 36.4 Å². The molecule has 0 saturated carbocycles. The van der Waals surface area contributed by atoms with E-state index < -0.39 is 5.91 Å². The fourth-order valence-corrected chi connectivity index (χ4v) is 3.67. The molecule has 0 bridgehead atoms. The van der Waals surface area contributed by atoms with E-state index in [-0.39, 0.29) is 29.3 Å². The van der Waals surface area contributed by atoms with Crippen LogP contribution in [0.25, 0.3) is 0 Å². The number of esters is 1. The Hall–Kier alpha value is -2.66. The van der Waals surface area contributed by atoms with Gasteiger partial charge < -0.3 is 14.8 Å². The van der Waals surface area contributed by atoms with Gasteiger partial charge in [0.1, 0.15) is 5.75 Å². The zero-order valence-electron chi connectivity index (χ0n) is 16.8. The average Bonchev–Trinajstić information content (AvgIpc) is 3.18. The number of aromatic nitrogens is 2. The van der Waals surface area contributed by atoms with Crippen LogP contribution in [0.5, 0.6) is 5.75 Å². The van der Waals surface area contributed by atoms with Crippen LogP contribution in [0.3, 0.4) is 0 Å². The van der Waals surface area contributed by atoms with Crippen molar-refractivity contribution in [2.75, 3.05) is 30.8 Å². The standard InChI is InChI=1S/C19H24N4O5S2/c1-3-5-10-28-14-8-6-13(7-9-14)17(26)20-11-15(24)21-18-22-23-19(30-18)29-12-16(25)27-4-2/h6-9H,3-5,10-12H2,1-2H3,(H,20,26)(H,21,22,24). The highest BCUT2D eigenvalue weighted by molar-refractivity contribution is 8.01. The second-order valence-corrected chi connectivity index (χ2v) is 8.12. The van der Waals surface area contributed by atoms with Crippen LogP contribution in [0.4, 0.5) is 5.13 Å². The van der Waals surface area contributed by atoms with Gasteiger partial charge in [0.15, 0.2) is 4.34 Å². The van der Waals surface area contributed by atoms with Gasteiger partial charge in [0.2, 0.25) is 11.0 Å². The monoisotopic (exact) mass is 452 g/mol. The van der Waals surface area contributed by atoms with Gasteiger partial charge in [0.25, 0.3) is 5.91 Å². The van der Waals surface area contributed by atoms with E-state index in [9.17, 15) is 14.4 Å². The number of carbonyl (C=O) groups excluding carboxylic acids is 3. The number of hydrogen-bond donors (Lipinski definition) is 2. The second kappa shape index (κ2) is 12.8. The molecular weight excluding hydrogens is 428 g/mol. The van der Waals surface area contributed by atoms with Gasteiger partial charge in [-0.05, 0) is 37.6 Å². The minimum absolute atomic E-state index is 0.120. The molecule has 2 rings (SSSR count). The van der Waals surface area contributed by atoms with Crippen molar-refractivity contribution in [3.05, 3.63) is 29.8 Å². The highest BCUT2D eigenvalue weighted by Gasteiger charge is 2.12. The fraction of sp³-hybridized carbons (Fsp3) is 0.421. The first-order valence-electron chi connectivity index (χ1n) is 9.44. The molecule has 9 nitrogen and oxygen atoms in total. The molecule has 2 amide bonds. The van der Waals surface area contributed by atoms with E-state index >= 15 is 0 Å². The molecule has 2 aromatic rings. The lowest BCUT2D eigenvalue weighted by molar-refractivity contribution is -0.139. The summed E-state index contributed by atoms with van der Waals surface area (Å²) in [6.45, 7) is 4.56. The molecule has 0 spiro atoms. The quantitative estimate of drug-likeness (QED) is 0.218. The molecule has 162 valence electrons. The van der Waals surface area contributed by atoms with E-state index in [0.717, 1.165) is 24.2 Å². The van der Waals surface area contributed by atoms with E-state index in [4.69, 9.17) is 9.47 Å². The topological polar surface area (TPSA) is 120 Å². The lowest BCUT2D eigenvalue weighted by Gasteiger charge is -2.07. The largest absolute Gasteiger partial charge is 0.494 e. The summed E-state index contributed by atoms with van der Waals surface area (Å²) in [7, 11) is 0. The summed E-state index contributed by atoms with van der Waals surface area (Å²) in [5.74, 6) is -0.319. The van der Waals surface area contributed by atoms with E-state index in [0.29, 0.717) is 28.9 Å². The lowest BCUT2D eigenvalue weighted by atomic mass is 10.2. The average molecular weight is 453 g/mol. The first-order chi connectivity index (χ1) is 14.5. The number of amides is 2. The van der Waals surface area contributed by atoms with E-state index in [1.165, 1.54) is 11.8 Å². The van der Waals surface area contributed by atoms with Crippen LogP contribution < -0.4 is 15.4 Å². The van der Waals surface area contributed by atoms with Crippen molar-refractivity contribution >= 4 is 46.0 Å². The van der Waals surface area contributed by atoms with Crippen molar-refractivity contribution in [2.45, 2.75) is 31.0 Å². The van der Waals surface area contributed by atoms with E-state index in [2.05, 4.69) is 27.8 Å². The maximum Gasteiger partial charge on any atom is 0.316 e. The Kier molecular flexibility index (Phi) is 10.1. The van der Waals surface area contributed by atoms with Crippen molar-refractivity contribution in [3.63, 3.8) is 0 Å². The number of thioether (sulfide) groups is 1. The molecule has 30 heavy (non-hydrogen) atoms. The number of benzene rings is 1. The van der Waals surface area contributed by atoms with Gasteiger partial charge in [-0.25, -0.2) is 0 Å². The highest BCUT2D eigenvalue weighted by Crippen LogP contribution is 2.25. The van der Waals surface area contributed by atoms with Crippen LogP contribution in [-0.2, 0) is 14.3 Å². The Bertz CT molecular complexity index is 842. The molecule has 0 saturated heterocycles. The number of rotatable bonds is 12. The summed E-state index contributed by atoms with van der Waals surface area (Å²) < 4.78 is 10.9. The number of nitrogens with zero attached hydrogens (tertiary/aromatic N) is 2. The van der Waals surface area contributed by atoms with Crippen LogP contribution in [-0.4, -0.2) is 53.5 Å². The van der Waals surface area contributed by atoms with Crippen LogP contribution in [0.2, 0.25) is 0 Å². The first-order valence-corrected chi connectivity index (χ1v) is 11.2. The maximum absolute atomic E-state index is 12.2. The van der Waals surface area contributed by atoms with Crippen LogP contribution >= 0.6 is 23.1 Å². The molecule has 0 radical (unpaired) electrons. The summed E-state index contributed by atoms with van der Waals surface area (Å²) in [5, 5.41) is 13.1. The molecule has 1 heterocycles. The SMILES string of the molecule is CCCCOc1ccc(C(=O)NCC(=O)Nc2nnc(SCC(=O)OCC)s2)cc1. The Balaban J connectivity index is 1.73. The number of nitrogens with one attached hydrogen (secondary N) is 2. The summed E-state index contributed by atoms with van der Waals surface area (Å²) in [5.41, 5.74) is 0.430. The minimum Gasteiger partial charge on any atom is -0.494 e. The summed E-state index contributed by atoms with van der Waals surface area (Å²) >= 11 is 2.31. The molecular formula is C19H24N4O5S2. The van der Waals surface area contributed by atoms with Gasteiger partial charge in [-0.15, -0.1) is 10.2 Å². The number of hydrogen-bond acceptors (Lipinski definition) is 9. The molecule has 0 atom stereocenters. The minimum atomic E-state index is -0.430. The van der Waals surface area contributed by atoms with Gasteiger partial charge in [-0.2, -0.15) is 0 Å². The molecule has 0 unspecified atom stereocenters. The highest BCUT2D eigenvalue weighted by atomic mass is 32.2. The number of ether oxygens (including phenoxy) is 2. The number of unbranched alkanes of at least 4 members (excludes halogenated alkanes) is 1. The Morgan fingerprint density at radius 2 is 1.90 bits per heavy atom. The summed E-state index contributed by atoms with van der Waals surface area (Å²) in [6.07, 6.45) is 2.02. The summed E-state index contributed by atoms with van der Waals surface area (Å²) in [6, 6.07) is 6.74. The molecule has 2 N–H and O–H groups in total. The van der Waals surface area contributed by atoms with Gasteiger partial charge in [0, 0.05) is 5.56 Å². The molecule has 0 aliphatic heterocycles. The van der Waals surface area contributed by atoms with Crippen molar-refractivity contribution in [2.24, 2.45) is 0 Å². The Morgan fingerprint density at radius 1 is 1.13 bits per heavy atom. The molecule has 1 aromatic heterocycles. The molecule has 0 fully saturated rings. The number of carbonyl (C=O) groups is 3. The molecule has 0 aliphatic rings. The normalized spacial score (nSPS) is 10.3. The predicted octanol–water partition coefficient (Wildman–Crippen LogP) is 2.74. The van der Waals surface area contributed by atoms with E-state index in [1.807, 2.05) is 0 Å². The van der Waals surface area contributed by atoms with Crippen LogP contribution in [0.15, 0.2) is 28.6 Å². The van der Waals surface area contributed by atoms with Crippen LogP contribution in [0, 0.1) is 0 Å². The van der Waals surface area contributed by atoms with Crippen molar-refractivity contribution in [1.82, 2.24) is 15.5 Å². The zero-order valence-corrected chi connectivity index (χ0v) is 18.4. The predicted molar refractivity (Wildman–Crippen MR) is 115 cm³/mol. The molecule has 11 heteroatoms. The second-order valence-electron chi connectivity index (χ2n) is 5.92. The third kappa shape index (κ3) is 8.37. The summed E-state index contributed by atoms with van der Waals surface area (Å²) in [4.78, 5) is 35.5. The first kappa shape index (κ1) is 23.6.